The summed E-state index contributed by atoms with van der Waals surface area (Å²) in [6.07, 6.45) is 2.57. The highest BCUT2D eigenvalue weighted by atomic mass is 16.3. The number of rotatable bonds is 1. The standard InChI is InChI=1S/C6H9NO/c7-4-6(8)5-2-1-3-5/h5-6,8H,1-3H2/t6-/m0/s1. The summed E-state index contributed by atoms with van der Waals surface area (Å²) in [6, 6.07) is 1.82. The summed E-state index contributed by atoms with van der Waals surface area (Å²) in [7, 11) is 0. The fraction of sp³-hybridized carbons (Fsp3) is 0.833. The van der Waals surface area contributed by atoms with E-state index in [1.54, 1.807) is 0 Å². The molecule has 0 saturated heterocycles. The second-order valence-corrected chi connectivity index (χ2v) is 2.26. The van der Waals surface area contributed by atoms with E-state index in [1.807, 2.05) is 6.07 Å². The van der Waals surface area contributed by atoms with Gasteiger partial charge in [-0.05, 0) is 18.8 Å². The average molecular weight is 111 g/mol. The molecule has 0 bridgehead atoms. The Kier molecular flexibility index (Phi) is 1.50. The van der Waals surface area contributed by atoms with Gasteiger partial charge in [-0.25, -0.2) is 0 Å². The van der Waals surface area contributed by atoms with Crippen LogP contribution >= 0.6 is 0 Å². The molecule has 1 atom stereocenters. The van der Waals surface area contributed by atoms with Crippen molar-refractivity contribution in [3.05, 3.63) is 0 Å². The molecule has 0 radical (unpaired) electrons. The highest BCUT2D eigenvalue weighted by Gasteiger charge is 2.24. The zero-order valence-electron chi connectivity index (χ0n) is 4.67. The van der Waals surface area contributed by atoms with E-state index < -0.39 is 6.10 Å². The Labute approximate surface area is 48.7 Å². The first-order valence-electron chi connectivity index (χ1n) is 2.92. The molecule has 1 aliphatic carbocycles. The molecule has 1 fully saturated rings. The van der Waals surface area contributed by atoms with Crippen LogP contribution in [0.3, 0.4) is 0 Å². The monoisotopic (exact) mass is 111 g/mol. The fourth-order valence-electron chi connectivity index (χ4n) is 0.861. The molecule has 0 aliphatic heterocycles. The van der Waals surface area contributed by atoms with E-state index in [1.165, 1.54) is 6.42 Å². The lowest BCUT2D eigenvalue weighted by atomic mass is 9.82. The van der Waals surface area contributed by atoms with Crippen LogP contribution in [0.2, 0.25) is 0 Å². The predicted molar refractivity (Wildman–Crippen MR) is 29.0 cm³/mol. The van der Waals surface area contributed by atoms with Gasteiger partial charge in [-0.1, -0.05) is 6.42 Å². The lowest BCUT2D eigenvalue weighted by molar-refractivity contribution is 0.106. The maximum atomic E-state index is 8.82. The Hall–Kier alpha value is -0.550. The smallest absolute Gasteiger partial charge is 0.143 e. The van der Waals surface area contributed by atoms with Gasteiger partial charge in [0.1, 0.15) is 6.10 Å². The molecule has 1 N–H and O–H groups in total. The Morgan fingerprint density at radius 2 is 2.25 bits per heavy atom. The van der Waals surface area contributed by atoms with Crippen LogP contribution in [0.5, 0.6) is 0 Å². The van der Waals surface area contributed by atoms with Gasteiger partial charge in [0.2, 0.25) is 0 Å². The SMILES string of the molecule is N#C[C@H](O)C1CCC1. The van der Waals surface area contributed by atoms with E-state index in [2.05, 4.69) is 0 Å². The molecule has 0 amide bonds. The van der Waals surface area contributed by atoms with Gasteiger partial charge in [-0.15, -0.1) is 0 Å². The first-order valence-corrected chi connectivity index (χ1v) is 2.92. The van der Waals surface area contributed by atoms with E-state index in [-0.39, 0.29) is 0 Å². The predicted octanol–water partition coefficient (Wildman–Crippen LogP) is 0.671. The quantitative estimate of drug-likeness (QED) is 0.505. The van der Waals surface area contributed by atoms with E-state index in [0.717, 1.165) is 12.8 Å². The van der Waals surface area contributed by atoms with Gasteiger partial charge >= 0.3 is 0 Å². The highest BCUT2D eigenvalue weighted by Crippen LogP contribution is 2.28. The maximum absolute atomic E-state index is 8.82. The summed E-state index contributed by atoms with van der Waals surface area (Å²) in [5, 5.41) is 17.0. The molecule has 44 valence electrons. The average Bonchev–Trinajstić information content (AvgIpc) is 1.62. The molecule has 2 heteroatoms. The number of hydrogen-bond donors (Lipinski definition) is 1. The third-order valence-electron chi connectivity index (χ3n) is 1.73. The van der Waals surface area contributed by atoms with Crippen LogP contribution in [0.25, 0.3) is 0 Å². The lowest BCUT2D eigenvalue weighted by Gasteiger charge is -2.25. The van der Waals surface area contributed by atoms with E-state index in [0.29, 0.717) is 5.92 Å². The fourth-order valence-corrected chi connectivity index (χ4v) is 0.861. The summed E-state index contributed by atoms with van der Waals surface area (Å²) in [5.74, 6) is 0.292. The minimum atomic E-state index is -0.691. The van der Waals surface area contributed by atoms with Crippen molar-refractivity contribution in [1.82, 2.24) is 0 Å². The van der Waals surface area contributed by atoms with Gasteiger partial charge in [0, 0.05) is 0 Å². The summed E-state index contributed by atoms with van der Waals surface area (Å²) >= 11 is 0. The van der Waals surface area contributed by atoms with Crippen LogP contribution in [0, 0.1) is 17.2 Å². The van der Waals surface area contributed by atoms with Crippen molar-refractivity contribution in [2.75, 3.05) is 0 Å². The zero-order chi connectivity index (χ0) is 5.98. The van der Waals surface area contributed by atoms with Crippen LogP contribution in [0.4, 0.5) is 0 Å². The highest BCUT2D eigenvalue weighted by molar-refractivity contribution is 4.91. The second-order valence-electron chi connectivity index (χ2n) is 2.26. The van der Waals surface area contributed by atoms with Crippen molar-refractivity contribution in [3.63, 3.8) is 0 Å². The van der Waals surface area contributed by atoms with Gasteiger partial charge < -0.3 is 5.11 Å². The minimum absolute atomic E-state index is 0.292. The number of aliphatic hydroxyl groups excluding tert-OH is 1. The Morgan fingerprint density at radius 3 is 2.38 bits per heavy atom. The van der Waals surface area contributed by atoms with Gasteiger partial charge in [-0.3, -0.25) is 0 Å². The third kappa shape index (κ3) is 0.823. The number of aliphatic hydroxyl groups is 1. The van der Waals surface area contributed by atoms with Crippen molar-refractivity contribution in [1.29, 1.82) is 5.26 Å². The van der Waals surface area contributed by atoms with Crippen molar-refractivity contribution in [3.8, 4) is 6.07 Å². The molecule has 1 rings (SSSR count). The summed E-state index contributed by atoms with van der Waals surface area (Å²) in [6.45, 7) is 0. The Bertz CT molecular complexity index is 112. The number of nitriles is 1. The molecule has 0 unspecified atom stereocenters. The largest absolute Gasteiger partial charge is 0.378 e. The van der Waals surface area contributed by atoms with Crippen molar-refractivity contribution >= 4 is 0 Å². The molecule has 2 nitrogen and oxygen atoms in total. The Balaban J connectivity index is 2.26. The van der Waals surface area contributed by atoms with Crippen LogP contribution < -0.4 is 0 Å². The van der Waals surface area contributed by atoms with E-state index in [9.17, 15) is 0 Å². The van der Waals surface area contributed by atoms with Gasteiger partial charge in [-0.2, -0.15) is 5.26 Å². The second kappa shape index (κ2) is 2.15. The Morgan fingerprint density at radius 1 is 1.62 bits per heavy atom. The van der Waals surface area contributed by atoms with Crippen molar-refractivity contribution in [2.24, 2.45) is 5.92 Å². The molecule has 1 saturated carbocycles. The van der Waals surface area contributed by atoms with E-state index in [4.69, 9.17) is 10.4 Å². The van der Waals surface area contributed by atoms with Crippen LogP contribution in [-0.2, 0) is 0 Å². The molecular formula is C6H9NO. The lowest BCUT2D eigenvalue weighted by Crippen LogP contribution is -2.24. The molecule has 0 aromatic carbocycles. The van der Waals surface area contributed by atoms with Crippen LogP contribution in [0.1, 0.15) is 19.3 Å². The number of nitrogens with zero attached hydrogens (tertiary/aromatic N) is 1. The summed E-state index contributed by atoms with van der Waals surface area (Å²) in [5.41, 5.74) is 0. The topological polar surface area (TPSA) is 44.0 Å². The minimum Gasteiger partial charge on any atom is -0.378 e. The van der Waals surface area contributed by atoms with Gasteiger partial charge in [0.15, 0.2) is 0 Å². The molecule has 1 aliphatic rings. The van der Waals surface area contributed by atoms with Crippen molar-refractivity contribution in [2.45, 2.75) is 25.4 Å². The summed E-state index contributed by atoms with van der Waals surface area (Å²) < 4.78 is 0. The molecular weight excluding hydrogens is 102 g/mol. The van der Waals surface area contributed by atoms with Gasteiger partial charge in [0.05, 0.1) is 6.07 Å². The first-order chi connectivity index (χ1) is 3.84. The van der Waals surface area contributed by atoms with E-state index >= 15 is 0 Å². The number of hydrogen-bond acceptors (Lipinski definition) is 2. The zero-order valence-corrected chi connectivity index (χ0v) is 4.67. The first kappa shape index (κ1) is 5.58. The normalized spacial score (nSPS) is 23.5. The molecule has 0 heterocycles. The molecule has 0 spiro atoms. The van der Waals surface area contributed by atoms with Gasteiger partial charge in [0.25, 0.3) is 0 Å². The third-order valence-corrected chi connectivity index (χ3v) is 1.73. The van der Waals surface area contributed by atoms with Crippen molar-refractivity contribution < 1.29 is 5.11 Å². The molecule has 8 heavy (non-hydrogen) atoms. The maximum Gasteiger partial charge on any atom is 0.143 e. The van der Waals surface area contributed by atoms with Crippen LogP contribution in [-0.4, -0.2) is 11.2 Å². The molecule has 0 aromatic heterocycles. The molecule has 0 aromatic rings. The van der Waals surface area contributed by atoms with Crippen LogP contribution in [0.15, 0.2) is 0 Å². The summed E-state index contributed by atoms with van der Waals surface area (Å²) in [4.78, 5) is 0.